The van der Waals surface area contributed by atoms with Gasteiger partial charge >= 0.3 is 0 Å². The highest BCUT2D eigenvalue weighted by Crippen LogP contribution is 2.24. The average Bonchev–Trinajstić information content (AvgIpc) is 2.71. The van der Waals surface area contributed by atoms with Gasteiger partial charge in [0.2, 0.25) is 0 Å². The van der Waals surface area contributed by atoms with Gasteiger partial charge in [0.25, 0.3) is 0 Å². The van der Waals surface area contributed by atoms with Crippen LogP contribution in [0.1, 0.15) is 17.2 Å². The van der Waals surface area contributed by atoms with Gasteiger partial charge < -0.3 is 5.73 Å². The van der Waals surface area contributed by atoms with E-state index in [1.54, 1.807) is 13.2 Å². The first-order valence-electron chi connectivity index (χ1n) is 5.70. The van der Waals surface area contributed by atoms with Crippen molar-refractivity contribution in [1.29, 1.82) is 0 Å². The quantitative estimate of drug-likeness (QED) is 0.571. The van der Waals surface area contributed by atoms with Crippen molar-refractivity contribution in [3.05, 3.63) is 47.2 Å². The number of aromatic nitrogens is 2. The number of rotatable bonds is 4. The zero-order valence-corrected chi connectivity index (χ0v) is 10.4. The van der Waals surface area contributed by atoms with Gasteiger partial charge in [-0.2, -0.15) is 5.10 Å². The predicted octanol–water partition coefficient (Wildman–Crippen LogP) is 1.03. The number of hydrazine groups is 1. The summed E-state index contributed by atoms with van der Waals surface area (Å²) in [7, 11) is 1.69. The van der Waals surface area contributed by atoms with Crippen molar-refractivity contribution in [3.8, 4) is 0 Å². The summed E-state index contributed by atoms with van der Waals surface area (Å²) in [6.07, 6.45) is 1.73. The molecule has 5 nitrogen and oxygen atoms in total. The summed E-state index contributed by atoms with van der Waals surface area (Å²) in [6.45, 7) is 0. The molecule has 19 heavy (non-hydrogen) atoms. The third-order valence-electron chi connectivity index (χ3n) is 3.02. The van der Waals surface area contributed by atoms with Crippen LogP contribution in [-0.4, -0.2) is 9.78 Å². The first-order chi connectivity index (χ1) is 9.02. The molecule has 102 valence electrons. The summed E-state index contributed by atoms with van der Waals surface area (Å²) in [6, 6.07) is 2.86. The highest BCUT2D eigenvalue weighted by atomic mass is 19.1. The van der Waals surface area contributed by atoms with Gasteiger partial charge in [0, 0.05) is 12.6 Å². The minimum atomic E-state index is -0.494. The molecule has 1 atom stereocenters. The van der Waals surface area contributed by atoms with Gasteiger partial charge in [-0.25, -0.2) is 8.78 Å². The van der Waals surface area contributed by atoms with Gasteiger partial charge in [0.1, 0.15) is 17.5 Å². The zero-order chi connectivity index (χ0) is 14.0. The van der Waals surface area contributed by atoms with Gasteiger partial charge in [-0.1, -0.05) is 0 Å². The Bertz CT molecular complexity index is 581. The number of nitrogen functional groups attached to an aromatic ring is 1. The zero-order valence-electron chi connectivity index (χ0n) is 10.4. The third kappa shape index (κ3) is 2.72. The van der Waals surface area contributed by atoms with E-state index in [9.17, 15) is 8.78 Å². The number of nitrogens with two attached hydrogens (primary N) is 2. The molecule has 0 saturated carbocycles. The topological polar surface area (TPSA) is 81.9 Å². The van der Waals surface area contributed by atoms with Crippen LogP contribution in [0.25, 0.3) is 0 Å². The van der Waals surface area contributed by atoms with Crippen LogP contribution < -0.4 is 17.0 Å². The van der Waals surface area contributed by atoms with E-state index >= 15 is 0 Å². The van der Waals surface area contributed by atoms with E-state index in [0.717, 1.165) is 18.2 Å². The number of nitrogens with one attached hydrogen (secondary N) is 1. The van der Waals surface area contributed by atoms with E-state index in [0.29, 0.717) is 11.4 Å². The average molecular weight is 267 g/mol. The molecule has 0 radical (unpaired) electrons. The molecule has 5 N–H and O–H groups in total. The Morgan fingerprint density at radius 2 is 2.16 bits per heavy atom. The molecular weight excluding hydrogens is 252 g/mol. The Hall–Kier alpha value is -1.99. The minimum absolute atomic E-state index is 0.177. The summed E-state index contributed by atoms with van der Waals surface area (Å²) in [5.41, 5.74) is 9.26. The van der Waals surface area contributed by atoms with Crippen LogP contribution in [-0.2, 0) is 13.5 Å². The van der Waals surface area contributed by atoms with Crippen molar-refractivity contribution >= 4 is 5.82 Å². The lowest BCUT2D eigenvalue weighted by Gasteiger charge is -2.16. The summed E-state index contributed by atoms with van der Waals surface area (Å²) in [5.74, 6) is 4.91. The Morgan fingerprint density at radius 1 is 1.42 bits per heavy atom. The highest BCUT2D eigenvalue weighted by molar-refractivity contribution is 5.41. The molecule has 2 rings (SSSR count). The maximum absolute atomic E-state index is 13.6. The molecule has 0 aliphatic heterocycles. The number of hydrogen-bond donors (Lipinski definition) is 3. The Morgan fingerprint density at radius 3 is 2.74 bits per heavy atom. The van der Waals surface area contributed by atoms with Crippen LogP contribution in [0.5, 0.6) is 0 Å². The normalized spacial score (nSPS) is 12.6. The van der Waals surface area contributed by atoms with Crippen LogP contribution in [0.4, 0.5) is 14.6 Å². The molecule has 0 aliphatic rings. The molecular formula is C12H15F2N5. The van der Waals surface area contributed by atoms with Crippen molar-refractivity contribution < 1.29 is 8.78 Å². The monoisotopic (exact) mass is 267 g/mol. The van der Waals surface area contributed by atoms with Crippen molar-refractivity contribution in [2.24, 2.45) is 12.9 Å². The number of halogens is 2. The first-order valence-corrected chi connectivity index (χ1v) is 5.70. The molecule has 0 aliphatic carbocycles. The molecule has 1 heterocycles. The SMILES string of the molecule is Cn1ncc(C(Cc2cc(F)ccc2F)NN)c1N. The van der Waals surface area contributed by atoms with Gasteiger partial charge in [-0.05, 0) is 30.2 Å². The molecule has 7 heteroatoms. The van der Waals surface area contributed by atoms with Crippen molar-refractivity contribution in [3.63, 3.8) is 0 Å². The van der Waals surface area contributed by atoms with Crippen molar-refractivity contribution in [2.75, 3.05) is 5.73 Å². The Labute approximate surface area is 109 Å². The molecule has 0 saturated heterocycles. The minimum Gasteiger partial charge on any atom is -0.384 e. The third-order valence-corrected chi connectivity index (χ3v) is 3.02. The van der Waals surface area contributed by atoms with Gasteiger partial charge in [0.15, 0.2) is 0 Å². The van der Waals surface area contributed by atoms with E-state index in [1.807, 2.05) is 0 Å². The van der Waals surface area contributed by atoms with Crippen LogP contribution >= 0.6 is 0 Å². The fourth-order valence-electron chi connectivity index (χ4n) is 1.91. The van der Waals surface area contributed by atoms with Gasteiger partial charge in [-0.3, -0.25) is 16.0 Å². The number of hydrogen-bond acceptors (Lipinski definition) is 4. The molecule has 1 aromatic carbocycles. The number of benzene rings is 1. The standard InChI is InChI=1S/C12H15F2N5/c1-19-12(15)9(6-17-19)11(18-16)5-7-4-8(13)2-3-10(7)14/h2-4,6,11,18H,5,15-16H2,1H3. The predicted molar refractivity (Wildman–Crippen MR) is 67.7 cm³/mol. The van der Waals surface area contributed by atoms with Crippen LogP contribution in [0.15, 0.2) is 24.4 Å². The molecule has 2 aromatic rings. The smallest absolute Gasteiger partial charge is 0.126 e. The summed E-state index contributed by atoms with van der Waals surface area (Å²) in [5, 5.41) is 3.99. The van der Waals surface area contributed by atoms with E-state index in [-0.39, 0.29) is 12.0 Å². The second-order valence-corrected chi connectivity index (χ2v) is 4.27. The van der Waals surface area contributed by atoms with E-state index in [1.165, 1.54) is 4.68 Å². The van der Waals surface area contributed by atoms with Crippen LogP contribution in [0.2, 0.25) is 0 Å². The fraction of sp³-hybridized carbons (Fsp3) is 0.250. The Kier molecular flexibility index (Phi) is 3.77. The lowest BCUT2D eigenvalue weighted by molar-refractivity contribution is 0.523. The molecule has 0 bridgehead atoms. The lowest BCUT2D eigenvalue weighted by Crippen LogP contribution is -2.30. The molecule has 0 amide bonds. The van der Waals surface area contributed by atoms with E-state index in [4.69, 9.17) is 11.6 Å². The Balaban J connectivity index is 2.29. The molecule has 0 spiro atoms. The number of anilines is 1. The largest absolute Gasteiger partial charge is 0.384 e. The highest BCUT2D eigenvalue weighted by Gasteiger charge is 2.18. The van der Waals surface area contributed by atoms with E-state index in [2.05, 4.69) is 10.5 Å². The van der Waals surface area contributed by atoms with Crippen molar-refractivity contribution in [1.82, 2.24) is 15.2 Å². The second kappa shape index (κ2) is 5.33. The van der Waals surface area contributed by atoms with Crippen LogP contribution in [0, 0.1) is 11.6 Å². The van der Waals surface area contributed by atoms with Crippen LogP contribution in [0.3, 0.4) is 0 Å². The second-order valence-electron chi connectivity index (χ2n) is 4.27. The maximum Gasteiger partial charge on any atom is 0.126 e. The van der Waals surface area contributed by atoms with Crippen molar-refractivity contribution in [2.45, 2.75) is 12.5 Å². The van der Waals surface area contributed by atoms with Gasteiger partial charge in [0.05, 0.1) is 12.2 Å². The first kappa shape index (κ1) is 13.4. The molecule has 1 unspecified atom stereocenters. The maximum atomic E-state index is 13.6. The van der Waals surface area contributed by atoms with Gasteiger partial charge in [-0.15, -0.1) is 0 Å². The fourth-order valence-corrected chi connectivity index (χ4v) is 1.91. The van der Waals surface area contributed by atoms with E-state index < -0.39 is 17.7 Å². The summed E-state index contributed by atoms with van der Waals surface area (Å²) in [4.78, 5) is 0. The number of nitrogens with zero attached hydrogens (tertiary/aromatic N) is 2. The molecule has 1 aromatic heterocycles. The molecule has 0 fully saturated rings. The summed E-state index contributed by atoms with van der Waals surface area (Å²) >= 11 is 0. The summed E-state index contributed by atoms with van der Waals surface area (Å²) < 4.78 is 28.2. The number of aryl methyl sites for hydroxylation is 1. The lowest BCUT2D eigenvalue weighted by atomic mass is 10.0.